The first-order valence-corrected chi connectivity index (χ1v) is 25.6. The number of aliphatic hydroxyl groups is 5. The van der Waals surface area contributed by atoms with Gasteiger partial charge in [-0.2, -0.15) is 0 Å². The molecule has 0 atom stereocenters. The molecule has 2 heterocycles. The molecule has 315 valence electrons. The highest BCUT2D eigenvalue weighted by molar-refractivity contribution is 6.78. The van der Waals surface area contributed by atoms with E-state index >= 15 is 0 Å². The number of fused-ring (bicyclic) bond motifs is 2. The van der Waals surface area contributed by atoms with Gasteiger partial charge in [-0.25, -0.2) is 0 Å². The maximum Gasteiger partial charge on any atom is 0.528 e. The molecule has 0 aromatic heterocycles. The number of rotatable bonds is 19. The van der Waals surface area contributed by atoms with E-state index in [1.165, 1.54) is 51.3 Å². The largest absolute Gasteiger partial charge is 0.528 e. The van der Waals surface area contributed by atoms with E-state index < -0.39 is 25.9 Å². The van der Waals surface area contributed by atoms with Gasteiger partial charge in [-0.05, 0) is 68.0 Å². The summed E-state index contributed by atoms with van der Waals surface area (Å²) in [7, 11) is -3.03. The van der Waals surface area contributed by atoms with Crippen LogP contribution >= 0.6 is 0 Å². The topological polar surface area (TPSA) is 166 Å². The Kier molecular flexibility index (Phi) is 52.9. The van der Waals surface area contributed by atoms with Gasteiger partial charge in [0.1, 0.15) is 7.28 Å². The highest BCUT2D eigenvalue weighted by atomic mass is 28.4. The van der Waals surface area contributed by atoms with Crippen molar-refractivity contribution in [1.29, 1.82) is 0 Å². The Balaban J connectivity index is -0.000000176. The van der Waals surface area contributed by atoms with Crippen LogP contribution in [0.5, 0.6) is 0 Å². The zero-order valence-corrected chi connectivity index (χ0v) is 38.3. The van der Waals surface area contributed by atoms with Crippen LogP contribution in [-0.4, -0.2) is 138 Å². The molecule has 1 radical (unpaired) electrons. The molecule has 12 nitrogen and oxygen atoms in total. The number of aliphatic hydroxyl groups excluding tert-OH is 5. The fourth-order valence-electron chi connectivity index (χ4n) is 4.95. The molecule has 52 heavy (non-hydrogen) atoms. The fraction of sp³-hybridized carbons (Fsp3) is 0.889. The summed E-state index contributed by atoms with van der Waals surface area (Å²) in [4.78, 5) is 0. The van der Waals surface area contributed by atoms with Gasteiger partial charge >= 0.3 is 17.6 Å². The van der Waals surface area contributed by atoms with Crippen LogP contribution < -0.4 is 0 Å². The SMILES string of the molecule is C=C[Si](CO)(CO)OC.C=C[Si](OCC)(OCC)OCC.CCC[Si](OCC)(OCC)OCC.CCO.CCO.CCO.[B]1C2CCCC1CCC2. The predicted octanol–water partition coefficient (Wildman–Crippen LogP) is 6.20. The molecule has 2 aliphatic heterocycles. The van der Waals surface area contributed by atoms with Gasteiger partial charge in [0.25, 0.3) is 8.32 Å². The van der Waals surface area contributed by atoms with Crippen LogP contribution in [0.2, 0.25) is 17.7 Å². The summed E-state index contributed by atoms with van der Waals surface area (Å²) in [5.74, 6) is 2.05. The quantitative estimate of drug-likeness (QED) is 0.0941. The van der Waals surface area contributed by atoms with Crippen molar-refractivity contribution < 1.29 is 56.5 Å². The van der Waals surface area contributed by atoms with Crippen molar-refractivity contribution in [3.8, 4) is 0 Å². The van der Waals surface area contributed by atoms with E-state index in [0.717, 1.165) is 24.1 Å². The summed E-state index contributed by atoms with van der Waals surface area (Å²) < 4.78 is 38.2. The standard InChI is InChI=1S/C9H22O3Si.C8H14B.C8H18O3Si.C5H12O3Si.3C2H6O/c1-5-9-13(10-6-2,11-7-3)12-8-4;1-3-7-5-2-6-8(4-1)9-7;1-5-9-12(8-4,10-6-2)11-7-3;1-3-9(4-6,5-7)8-2;3*1-2-3/h5-9H2,1-4H3;7-8H,1-6H2;8H,4-7H2,1-3H3;3,6-7H,1,4-5H2,2H3;3*3H,2H2,1H3. The Morgan fingerprint density at radius 1 is 0.558 bits per heavy atom. The first kappa shape index (κ1) is 61.0. The van der Waals surface area contributed by atoms with Gasteiger partial charge in [0.05, 0.1) is 12.5 Å². The average molecular weight is 804 g/mol. The van der Waals surface area contributed by atoms with Gasteiger partial charge in [0, 0.05) is 72.6 Å². The van der Waals surface area contributed by atoms with Crippen molar-refractivity contribution in [3.63, 3.8) is 0 Å². The van der Waals surface area contributed by atoms with E-state index in [-0.39, 0.29) is 32.3 Å². The van der Waals surface area contributed by atoms with Crippen LogP contribution in [0.15, 0.2) is 24.6 Å². The Labute approximate surface area is 324 Å². The van der Waals surface area contributed by atoms with E-state index in [1.807, 2.05) is 41.5 Å². The normalized spacial score (nSPS) is 15.9. The summed E-state index contributed by atoms with van der Waals surface area (Å²) in [5, 5.41) is 40.1. The molecular weight excluding hydrogens is 719 g/mol. The minimum absolute atomic E-state index is 0.108. The lowest BCUT2D eigenvalue weighted by molar-refractivity contribution is 0.0711. The van der Waals surface area contributed by atoms with Crippen molar-refractivity contribution in [2.24, 2.45) is 0 Å². The molecule has 0 saturated carbocycles. The Morgan fingerprint density at radius 2 is 0.865 bits per heavy atom. The molecular formula is C36H84BO12Si3. The van der Waals surface area contributed by atoms with Crippen molar-refractivity contribution in [2.75, 3.05) is 79.0 Å². The van der Waals surface area contributed by atoms with E-state index in [1.54, 1.807) is 26.5 Å². The average Bonchev–Trinajstić information content (AvgIpc) is 3.12. The molecule has 2 saturated heterocycles. The summed E-state index contributed by atoms with van der Waals surface area (Å²) in [6.45, 7) is 30.6. The summed E-state index contributed by atoms with van der Waals surface area (Å²) in [6.07, 6.45) is 9.83. The fourth-order valence-corrected chi connectivity index (χ4v) is 10.2. The maximum absolute atomic E-state index is 8.68. The van der Waals surface area contributed by atoms with Crippen molar-refractivity contribution in [2.45, 2.75) is 132 Å². The molecule has 0 aliphatic carbocycles. The summed E-state index contributed by atoms with van der Waals surface area (Å²) in [5.41, 5.74) is 3.19. The molecule has 0 aromatic rings. The van der Waals surface area contributed by atoms with Gasteiger partial charge in [-0.3, -0.25) is 0 Å². The molecule has 5 N–H and O–H groups in total. The maximum atomic E-state index is 8.68. The Morgan fingerprint density at radius 3 is 1.02 bits per heavy atom. The van der Waals surface area contributed by atoms with E-state index in [4.69, 9.17) is 56.5 Å². The molecule has 2 aliphatic rings. The van der Waals surface area contributed by atoms with Crippen molar-refractivity contribution in [3.05, 3.63) is 24.6 Å². The van der Waals surface area contributed by atoms with Gasteiger partial charge in [0.2, 0.25) is 0 Å². The molecule has 2 bridgehead atoms. The zero-order valence-electron chi connectivity index (χ0n) is 35.3. The smallest absolute Gasteiger partial charge is 0.412 e. The molecule has 0 aromatic carbocycles. The number of hydrogen-bond donors (Lipinski definition) is 5. The number of hydrogen-bond acceptors (Lipinski definition) is 12. The third-order valence-corrected chi connectivity index (χ3v) is 15.6. The zero-order chi connectivity index (χ0) is 41.2. The third kappa shape index (κ3) is 34.2. The molecule has 0 spiro atoms. The van der Waals surface area contributed by atoms with Crippen LogP contribution in [0.4, 0.5) is 0 Å². The van der Waals surface area contributed by atoms with E-state index in [2.05, 4.69) is 27.4 Å². The van der Waals surface area contributed by atoms with Crippen molar-refractivity contribution in [1.82, 2.24) is 0 Å². The highest BCUT2D eigenvalue weighted by Crippen LogP contribution is 2.40. The Hall–Kier alpha value is -0.284. The van der Waals surface area contributed by atoms with Gasteiger partial charge in [0.15, 0.2) is 0 Å². The summed E-state index contributed by atoms with van der Waals surface area (Å²) in [6, 6.07) is 0.919. The Bertz CT molecular complexity index is 634. The third-order valence-electron chi connectivity index (χ3n) is 7.09. The molecule has 2 fully saturated rings. The predicted molar refractivity (Wildman–Crippen MR) is 223 cm³/mol. The van der Waals surface area contributed by atoms with Crippen LogP contribution in [0, 0.1) is 0 Å². The van der Waals surface area contributed by atoms with Gasteiger partial charge < -0.3 is 56.5 Å². The lowest BCUT2D eigenvalue weighted by atomic mass is 9.44. The van der Waals surface area contributed by atoms with E-state index in [0.29, 0.717) is 39.6 Å². The summed E-state index contributed by atoms with van der Waals surface area (Å²) >= 11 is 0. The monoisotopic (exact) mass is 804 g/mol. The van der Waals surface area contributed by atoms with Crippen LogP contribution in [-0.2, 0) is 31.0 Å². The molecule has 2 rings (SSSR count). The second kappa shape index (κ2) is 45.1. The highest BCUT2D eigenvalue weighted by Gasteiger charge is 2.39. The molecule has 16 heteroatoms. The van der Waals surface area contributed by atoms with E-state index in [9.17, 15) is 0 Å². The first-order chi connectivity index (χ1) is 24.9. The van der Waals surface area contributed by atoms with Gasteiger partial charge in [-0.1, -0.05) is 75.8 Å². The molecule has 0 unspecified atom stereocenters. The second-order valence-corrected chi connectivity index (χ2v) is 19.9. The van der Waals surface area contributed by atoms with Crippen molar-refractivity contribution >= 4 is 33.2 Å². The van der Waals surface area contributed by atoms with Crippen LogP contribution in [0.25, 0.3) is 0 Å². The molecule has 0 amide bonds. The minimum Gasteiger partial charge on any atom is -0.412 e. The lowest BCUT2D eigenvalue weighted by Gasteiger charge is -2.33. The lowest BCUT2D eigenvalue weighted by Crippen LogP contribution is -2.45. The van der Waals surface area contributed by atoms with Crippen LogP contribution in [0.3, 0.4) is 0 Å². The minimum atomic E-state index is -2.51. The van der Waals surface area contributed by atoms with Crippen LogP contribution in [0.1, 0.15) is 114 Å². The second-order valence-electron chi connectivity index (χ2n) is 11.2. The first-order valence-electron chi connectivity index (χ1n) is 19.5. The van der Waals surface area contributed by atoms with Gasteiger partial charge in [-0.15, -0.1) is 6.58 Å².